The van der Waals surface area contributed by atoms with Crippen LogP contribution in [0.15, 0.2) is 28.9 Å². The van der Waals surface area contributed by atoms with Gasteiger partial charge >= 0.3 is 0 Å². The molecule has 0 spiro atoms. The minimum atomic E-state index is -0.287. The number of aryl methyl sites for hydroxylation is 1. The number of aromatic nitrogens is 3. The number of rotatable bonds is 3. The second-order valence-corrected chi connectivity index (χ2v) is 4.38. The van der Waals surface area contributed by atoms with E-state index in [1.54, 1.807) is 37.0 Å². The highest BCUT2D eigenvalue weighted by atomic mass is 79.9. The number of nitrogens with one attached hydrogen (secondary N) is 1. The molecule has 1 N–H and O–H groups in total. The molecule has 0 radical (unpaired) electrons. The van der Waals surface area contributed by atoms with Crippen molar-refractivity contribution in [3.63, 3.8) is 0 Å². The molecule has 17 heavy (non-hydrogen) atoms. The summed E-state index contributed by atoms with van der Waals surface area (Å²) < 4.78 is 16.0. The van der Waals surface area contributed by atoms with E-state index in [-0.39, 0.29) is 11.9 Å². The molecule has 0 saturated heterocycles. The van der Waals surface area contributed by atoms with E-state index in [2.05, 4.69) is 31.6 Å². The summed E-state index contributed by atoms with van der Waals surface area (Å²) in [5, 5.41) is 10.9. The van der Waals surface area contributed by atoms with Crippen LogP contribution in [-0.2, 0) is 7.05 Å². The molecule has 2 rings (SSSR count). The second-order valence-electron chi connectivity index (χ2n) is 3.63. The van der Waals surface area contributed by atoms with Crippen molar-refractivity contribution in [1.29, 1.82) is 0 Å². The lowest BCUT2D eigenvalue weighted by Gasteiger charge is -2.17. The van der Waals surface area contributed by atoms with Crippen LogP contribution in [0.5, 0.6) is 0 Å². The molecule has 0 aliphatic heterocycles. The third kappa shape index (κ3) is 2.23. The van der Waals surface area contributed by atoms with Crippen LogP contribution >= 0.6 is 15.9 Å². The van der Waals surface area contributed by atoms with Crippen LogP contribution in [0.4, 0.5) is 4.39 Å². The molecule has 90 valence electrons. The molecular weight excluding hydrogens is 287 g/mol. The Labute approximate surface area is 107 Å². The molecule has 0 bridgehead atoms. The molecule has 1 unspecified atom stereocenters. The van der Waals surface area contributed by atoms with E-state index in [0.29, 0.717) is 10.2 Å². The van der Waals surface area contributed by atoms with Crippen molar-refractivity contribution in [2.24, 2.45) is 7.05 Å². The topological polar surface area (TPSA) is 42.7 Å². The molecule has 1 aromatic carbocycles. The van der Waals surface area contributed by atoms with Gasteiger partial charge in [-0.25, -0.2) is 9.07 Å². The van der Waals surface area contributed by atoms with Crippen LogP contribution in [0.2, 0.25) is 0 Å². The van der Waals surface area contributed by atoms with Crippen molar-refractivity contribution < 1.29 is 4.39 Å². The first-order valence-corrected chi connectivity index (χ1v) is 5.91. The maximum absolute atomic E-state index is 13.8. The SMILES string of the molecule is CNC(c1ccccc1F)c1c(Br)nnn1C. The lowest BCUT2D eigenvalue weighted by atomic mass is 10.0. The Hall–Kier alpha value is -1.27. The van der Waals surface area contributed by atoms with Gasteiger partial charge in [0.2, 0.25) is 0 Å². The summed E-state index contributed by atoms with van der Waals surface area (Å²) in [5.41, 5.74) is 1.36. The average Bonchev–Trinajstić information content (AvgIpc) is 2.64. The van der Waals surface area contributed by atoms with E-state index in [1.165, 1.54) is 6.07 Å². The van der Waals surface area contributed by atoms with Crippen LogP contribution in [0.1, 0.15) is 17.3 Å². The van der Waals surface area contributed by atoms with Gasteiger partial charge in [0.1, 0.15) is 5.82 Å². The van der Waals surface area contributed by atoms with Crippen molar-refractivity contribution in [3.8, 4) is 0 Å². The van der Waals surface area contributed by atoms with E-state index < -0.39 is 0 Å². The fourth-order valence-corrected chi connectivity index (χ4v) is 2.35. The summed E-state index contributed by atoms with van der Waals surface area (Å²) >= 11 is 3.32. The first-order chi connectivity index (χ1) is 8.15. The average molecular weight is 299 g/mol. The highest BCUT2D eigenvalue weighted by Crippen LogP contribution is 2.27. The third-order valence-electron chi connectivity index (χ3n) is 2.61. The Balaban J connectivity index is 2.52. The molecule has 0 amide bonds. The largest absolute Gasteiger partial charge is 0.308 e. The number of hydrogen-bond donors (Lipinski definition) is 1. The number of hydrogen-bond acceptors (Lipinski definition) is 3. The third-order valence-corrected chi connectivity index (χ3v) is 3.17. The number of halogens is 2. The molecule has 1 heterocycles. The number of benzene rings is 1. The van der Waals surface area contributed by atoms with Crippen LogP contribution < -0.4 is 5.32 Å². The molecule has 4 nitrogen and oxygen atoms in total. The predicted octanol–water partition coefficient (Wildman–Crippen LogP) is 2.03. The van der Waals surface area contributed by atoms with Gasteiger partial charge in [-0.15, -0.1) is 5.10 Å². The maximum atomic E-state index is 13.8. The van der Waals surface area contributed by atoms with E-state index >= 15 is 0 Å². The van der Waals surface area contributed by atoms with E-state index in [9.17, 15) is 4.39 Å². The quantitative estimate of drug-likeness (QED) is 0.943. The Morgan fingerprint density at radius 2 is 2.12 bits per heavy atom. The molecule has 0 fully saturated rings. The van der Waals surface area contributed by atoms with Crippen molar-refractivity contribution in [2.75, 3.05) is 7.05 Å². The second kappa shape index (κ2) is 4.93. The molecular formula is C11H12BrFN4. The van der Waals surface area contributed by atoms with Crippen LogP contribution in [0.25, 0.3) is 0 Å². The van der Waals surface area contributed by atoms with Crippen LogP contribution in [0.3, 0.4) is 0 Å². The van der Waals surface area contributed by atoms with Crippen molar-refractivity contribution in [3.05, 3.63) is 45.9 Å². The zero-order valence-electron chi connectivity index (χ0n) is 9.48. The Morgan fingerprint density at radius 3 is 2.65 bits per heavy atom. The zero-order valence-corrected chi connectivity index (χ0v) is 11.1. The lowest BCUT2D eigenvalue weighted by Crippen LogP contribution is -2.22. The maximum Gasteiger partial charge on any atom is 0.153 e. The van der Waals surface area contributed by atoms with Crippen LogP contribution in [0, 0.1) is 5.82 Å². The van der Waals surface area contributed by atoms with Gasteiger partial charge in [-0.1, -0.05) is 23.4 Å². The van der Waals surface area contributed by atoms with Crippen molar-refractivity contribution in [2.45, 2.75) is 6.04 Å². The van der Waals surface area contributed by atoms with Crippen molar-refractivity contribution >= 4 is 15.9 Å². The fraction of sp³-hybridized carbons (Fsp3) is 0.273. The van der Waals surface area contributed by atoms with Gasteiger partial charge in [0, 0.05) is 12.6 Å². The van der Waals surface area contributed by atoms with Gasteiger partial charge < -0.3 is 5.32 Å². The molecule has 0 aliphatic rings. The van der Waals surface area contributed by atoms with E-state index in [0.717, 1.165) is 5.69 Å². The van der Waals surface area contributed by atoms with Gasteiger partial charge in [0.05, 0.1) is 11.7 Å². The smallest absolute Gasteiger partial charge is 0.153 e. The molecule has 1 atom stereocenters. The molecule has 0 saturated carbocycles. The van der Waals surface area contributed by atoms with E-state index in [1.807, 2.05) is 0 Å². The van der Waals surface area contributed by atoms with Gasteiger partial charge in [-0.2, -0.15) is 0 Å². The molecule has 2 aromatic rings. The highest BCUT2D eigenvalue weighted by Gasteiger charge is 2.22. The summed E-state index contributed by atoms with van der Waals surface area (Å²) in [4.78, 5) is 0. The Kier molecular flexibility index (Phi) is 3.54. The lowest BCUT2D eigenvalue weighted by molar-refractivity contribution is 0.549. The van der Waals surface area contributed by atoms with Gasteiger partial charge in [0.15, 0.2) is 4.60 Å². The molecule has 6 heteroatoms. The summed E-state index contributed by atoms with van der Waals surface area (Å²) in [6.07, 6.45) is 0. The van der Waals surface area contributed by atoms with Crippen molar-refractivity contribution in [1.82, 2.24) is 20.3 Å². The zero-order chi connectivity index (χ0) is 12.4. The fourth-order valence-electron chi connectivity index (χ4n) is 1.79. The molecule has 1 aromatic heterocycles. The minimum absolute atomic E-state index is 0.250. The molecule has 0 aliphatic carbocycles. The Bertz CT molecular complexity index is 506. The van der Waals surface area contributed by atoms with Gasteiger partial charge in [-0.05, 0) is 29.0 Å². The predicted molar refractivity (Wildman–Crippen MR) is 66.0 cm³/mol. The summed E-state index contributed by atoms with van der Waals surface area (Å²) in [6.45, 7) is 0. The summed E-state index contributed by atoms with van der Waals surface area (Å²) in [6, 6.07) is 6.38. The standard InChI is InChI=1S/C11H12BrFN4/c1-14-9(7-5-3-4-6-8(7)13)10-11(12)15-16-17(10)2/h3-6,9,14H,1-2H3. The van der Waals surface area contributed by atoms with Gasteiger partial charge in [0.25, 0.3) is 0 Å². The normalized spacial score (nSPS) is 12.7. The highest BCUT2D eigenvalue weighted by molar-refractivity contribution is 9.10. The van der Waals surface area contributed by atoms with Gasteiger partial charge in [-0.3, -0.25) is 0 Å². The monoisotopic (exact) mass is 298 g/mol. The van der Waals surface area contributed by atoms with Crippen LogP contribution in [-0.4, -0.2) is 22.0 Å². The first kappa shape index (κ1) is 12.2. The summed E-state index contributed by atoms with van der Waals surface area (Å²) in [5.74, 6) is -0.250. The number of nitrogens with zero attached hydrogens (tertiary/aromatic N) is 3. The minimum Gasteiger partial charge on any atom is -0.308 e. The first-order valence-electron chi connectivity index (χ1n) is 5.12. The summed E-state index contributed by atoms with van der Waals surface area (Å²) in [7, 11) is 3.55. The Morgan fingerprint density at radius 1 is 1.41 bits per heavy atom. The van der Waals surface area contributed by atoms with E-state index in [4.69, 9.17) is 0 Å².